The molecule has 2 rings (SSSR count). The van der Waals surface area contributed by atoms with Crippen LogP contribution in [0.5, 0.6) is 0 Å². The highest BCUT2D eigenvalue weighted by atomic mass is 32.2. The van der Waals surface area contributed by atoms with Gasteiger partial charge in [0.15, 0.2) is 0 Å². The summed E-state index contributed by atoms with van der Waals surface area (Å²) in [6.07, 6.45) is 2.25. The van der Waals surface area contributed by atoms with Crippen molar-refractivity contribution in [2.24, 2.45) is 0 Å². The van der Waals surface area contributed by atoms with E-state index in [9.17, 15) is 14.9 Å². The number of anilines is 1. The molecule has 1 saturated heterocycles. The van der Waals surface area contributed by atoms with Crippen LogP contribution in [0.25, 0.3) is 0 Å². The van der Waals surface area contributed by atoms with E-state index in [1.807, 2.05) is 6.92 Å². The number of thioether (sulfide) groups is 1. The maximum Gasteiger partial charge on any atom is 0.293 e. The summed E-state index contributed by atoms with van der Waals surface area (Å²) in [6.45, 7) is 5.54. The van der Waals surface area contributed by atoms with Crippen LogP contribution in [0.1, 0.15) is 24.0 Å². The average molecular weight is 353 g/mol. The molecule has 1 aliphatic rings. The SMILES string of the molecule is Cc1cc(NC(=O)CSC(=S)N2CCCC2)c([N+](=O)[O-])cc1C. The van der Waals surface area contributed by atoms with E-state index >= 15 is 0 Å². The Morgan fingerprint density at radius 1 is 1.35 bits per heavy atom. The number of rotatable bonds is 4. The fraction of sp³-hybridized carbons (Fsp3) is 0.467. The van der Waals surface area contributed by atoms with Crippen molar-refractivity contribution in [3.63, 3.8) is 0 Å². The lowest BCUT2D eigenvalue weighted by Gasteiger charge is -2.17. The van der Waals surface area contributed by atoms with Crippen LogP contribution in [-0.4, -0.2) is 38.9 Å². The Morgan fingerprint density at radius 3 is 2.57 bits per heavy atom. The van der Waals surface area contributed by atoms with E-state index in [2.05, 4.69) is 10.2 Å². The molecule has 0 radical (unpaired) electrons. The number of benzene rings is 1. The number of carbonyl (C=O) groups excluding carboxylic acids is 1. The summed E-state index contributed by atoms with van der Waals surface area (Å²) >= 11 is 6.60. The third-order valence-corrected chi connectivity index (χ3v) is 5.30. The van der Waals surface area contributed by atoms with E-state index in [0.717, 1.165) is 37.1 Å². The van der Waals surface area contributed by atoms with Crippen LogP contribution in [0.4, 0.5) is 11.4 Å². The molecule has 1 amide bonds. The molecule has 124 valence electrons. The van der Waals surface area contributed by atoms with Gasteiger partial charge in [-0.3, -0.25) is 14.9 Å². The third-order valence-electron chi connectivity index (χ3n) is 3.77. The number of nitrogens with one attached hydrogen (secondary N) is 1. The molecule has 1 N–H and O–H groups in total. The second-order valence-corrected chi connectivity index (χ2v) is 7.12. The summed E-state index contributed by atoms with van der Waals surface area (Å²) in [5, 5.41) is 13.8. The summed E-state index contributed by atoms with van der Waals surface area (Å²) < 4.78 is 0.715. The van der Waals surface area contributed by atoms with Gasteiger partial charge in [-0.15, -0.1) is 0 Å². The van der Waals surface area contributed by atoms with Crippen LogP contribution in [0.15, 0.2) is 12.1 Å². The summed E-state index contributed by atoms with van der Waals surface area (Å²) in [6, 6.07) is 3.11. The first-order valence-electron chi connectivity index (χ1n) is 7.35. The Labute approximate surface area is 144 Å². The first kappa shape index (κ1) is 17.7. The van der Waals surface area contributed by atoms with Crippen molar-refractivity contribution in [1.82, 2.24) is 4.90 Å². The monoisotopic (exact) mass is 353 g/mol. The number of aryl methyl sites for hydroxylation is 2. The number of carbonyl (C=O) groups is 1. The van der Waals surface area contributed by atoms with Gasteiger partial charge in [0.2, 0.25) is 5.91 Å². The van der Waals surface area contributed by atoms with Gasteiger partial charge in [0.1, 0.15) is 10.0 Å². The highest BCUT2D eigenvalue weighted by Crippen LogP contribution is 2.28. The summed E-state index contributed by atoms with van der Waals surface area (Å²) in [4.78, 5) is 24.8. The molecule has 0 bridgehead atoms. The standard InChI is InChI=1S/C15H19N3O3S2/c1-10-7-12(13(18(20)21)8-11(10)2)16-14(19)9-23-15(22)17-5-3-4-6-17/h7-8H,3-6,9H2,1-2H3,(H,16,19). The van der Waals surface area contributed by atoms with Crippen molar-refractivity contribution >= 4 is 45.6 Å². The van der Waals surface area contributed by atoms with Gasteiger partial charge >= 0.3 is 0 Å². The zero-order valence-electron chi connectivity index (χ0n) is 13.1. The molecule has 0 spiro atoms. The summed E-state index contributed by atoms with van der Waals surface area (Å²) in [5.41, 5.74) is 1.86. The molecule has 1 aromatic rings. The minimum Gasteiger partial charge on any atom is -0.358 e. The van der Waals surface area contributed by atoms with Gasteiger partial charge in [0.05, 0.1) is 10.7 Å². The average Bonchev–Trinajstić information content (AvgIpc) is 3.02. The molecule has 1 fully saturated rings. The van der Waals surface area contributed by atoms with Crippen LogP contribution in [-0.2, 0) is 4.79 Å². The third kappa shape index (κ3) is 4.65. The van der Waals surface area contributed by atoms with Crippen molar-refractivity contribution in [2.45, 2.75) is 26.7 Å². The first-order chi connectivity index (χ1) is 10.9. The lowest BCUT2D eigenvalue weighted by atomic mass is 10.1. The van der Waals surface area contributed by atoms with Crippen LogP contribution < -0.4 is 5.32 Å². The van der Waals surface area contributed by atoms with Gasteiger partial charge in [-0.25, -0.2) is 0 Å². The van der Waals surface area contributed by atoms with Crippen LogP contribution >= 0.6 is 24.0 Å². The Hall–Kier alpha value is -1.67. The minimum absolute atomic E-state index is 0.0893. The van der Waals surface area contributed by atoms with E-state index in [4.69, 9.17) is 12.2 Å². The lowest BCUT2D eigenvalue weighted by Crippen LogP contribution is -2.25. The van der Waals surface area contributed by atoms with E-state index in [1.165, 1.54) is 17.8 Å². The lowest BCUT2D eigenvalue weighted by molar-refractivity contribution is -0.384. The molecule has 1 aliphatic heterocycles. The molecule has 1 aromatic carbocycles. The number of nitro benzene ring substituents is 1. The largest absolute Gasteiger partial charge is 0.358 e. The van der Waals surface area contributed by atoms with Crippen molar-refractivity contribution in [3.05, 3.63) is 33.4 Å². The Kier molecular flexibility index (Phi) is 5.95. The second-order valence-electron chi connectivity index (χ2n) is 5.51. The fourth-order valence-electron chi connectivity index (χ4n) is 2.36. The normalized spacial score (nSPS) is 13.9. The number of thiocarbonyl (C=S) groups is 1. The highest BCUT2D eigenvalue weighted by Gasteiger charge is 2.19. The van der Waals surface area contributed by atoms with Gasteiger partial charge in [0.25, 0.3) is 5.69 Å². The molecule has 0 saturated carbocycles. The van der Waals surface area contributed by atoms with Crippen LogP contribution in [0, 0.1) is 24.0 Å². The number of nitro groups is 1. The van der Waals surface area contributed by atoms with E-state index in [1.54, 1.807) is 13.0 Å². The topological polar surface area (TPSA) is 75.5 Å². The second kappa shape index (κ2) is 7.74. The number of likely N-dealkylation sites (tertiary alicyclic amines) is 1. The van der Waals surface area contributed by atoms with Crippen molar-refractivity contribution in [1.29, 1.82) is 0 Å². The number of hydrogen-bond acceptors (Lipinski definition) is 5. The van der Waals surface area contributed by atoms with E-state index in [-0.39, 0.29) is 23.0 Å². The quantitative estimate of drug-likeness (QED) is 0.509. The van der Waals surface area contributed by atoms with Gasteiger partial charge < -0.3 is 10.2 Å². The van der Waals surface area contributed by atoms with Gasteiger partial charge in [0, 0.05) is 19.2 Å². The van der Waals surface area contributed by atoms with E-state index < -0.39 is 4.92 Å². The maximum absolute atomic E-state index is 12.1. The minimum atomic E-state index is -0.482. The first-order valence-corrected chi connectivity index (χ1v) is 8.75. The number of amides is 1. The Morgan fingerprint density at radius 2 is 1.96 bits per heavy atom. The zero-order chi connectivity index (χ0) is 17.0. The molecular weight excluding hydrogens is 334 g/mol. The maximum atomic E-state index is 12.1. The van der Waals surface area contributed by atoms with Crippen LogP contribution in [0.2, 0.25) is 0 Å². The van der Waals surface area contributed by atoms with Gasteiger partial charge in [-0.1, -0.05) is 24.0 Å². The van der Waals surface area contributed by atoms with Crippen molar-refractivity contribution < 1.29 is 9.72 Å². The molecule has 0 aliphatic carbocycles. The number of nitrogens with zero attached hydrogens (tertiary/aromatic N) is 2. The fourth-order valence-corrected chi connectivity index (χ4v) is 3.41. The zero-order valence-corrected chi connectivity index (χ0v) is 14.8. The smallest absolute Gasteiger partial charge is 0.293 e. The highest BCUT2D eigenvalue weighted by molar-refractivity contribution is 8.23. The summed E-state index contributed by atoms with van der Waals surface area (Å²) in [5.74, 6) is -0.137. The molecule has 0 atom stereocenters. The predicted octanol–water partition coefficient (Wildman–Crippen LogP) is 3.26. The predicted molar refractivity (Wildman–Crippen MR) is 97.1 cm³/mol. The molecule has 6 nitrogen and oxygen atoms in total. The number of hydrogen-bond donors (Lipinski definition) is 1. The Balaban J connectivity index is 1.98. The van der Waals surface area contributed by atoms with Crippen LogP contribution in [0.3, 0.4) is 0 Å². The summed E-state index contributed by atoms with van der Waals surface area (Å²) in [7, 11) is 0. The molecule has 23 heavy (non-hydrogen) atoms. The van der Waals surface area contributed by atoms with Gasteiger partial charge in [-0.05, 0) is 43.9 Å². The van der Waals surface area contributed by atoms with Crippen molar-refractivity contribution in [2.75, 3.05) is 24.2 Å². The van der Waals surface area contributed by atoms with Crippen molar-refractivity contribution in [3.8, 4) is 0 Å². The molecule has 8 heteroatoms. The molecule has 0 aromatic heterocycles. The molecule has 1 heterocycles. The van der Waals surface area contributed by atoms with E-state index in [0.29, 0.717) is 4.32 Å². The Bertz CT molecular complexity index is 643. The van der Waals surface area contributed by atoms with Gasteiger partial charge in [-0.2, -0.15) is 0 Å². The molecular formula is C15H19N3O3S2. The molecule has 0 unspecified atom stereocenters.